The van der Waals surface area contributed by atoms with Crippen LogP contribution in [0.5, 0.6) is 0 Å². The molecule has 5 nitrogen and oxygen atoms in total. The molecule has 0 amide bonds. The average Bonchev–Trinajstić information content (AvgIpc) is 2.81. The minimum absolute atomic E-state index is 0.0306. The zero-order chi connectivity index (χ0) is 19.8. The van der Waals surface area contributed by atoms with Crippen molar-refractivity contribution < 1.29 is 23.6 Å². The van der Waals surface area contributed by atoms with Crippen LogP contribution in [0.3, 0.4) is 0 Å². The van der Waals surface area contributed by atoms with E-state index in [1.165, 1.54) is 0 Å². The van der Waals surface area contributed by atoms with Crippen LogP contribution in [-0.2, 0) is 23.6 Å². The van der Waals surface area contributed by atoms with Crippen molar-refractivity contribution in [1.29, 1.82) is 0 Å². The Hall–Kier alpha value is -1.47. The molecule has 1 aromatic carbocycles. The van der Waals surface area contributed by atoms with Gasteiger partial charge in [-0.1, -0.05) is 43.8 Å². The molecule has 150 valence electrons. The third-order valence-corrected chi connectivity index (χ3v) is 7.08. The summed E-state index contributed by atoms with van der Waals surface area (Å²) in [5.74, 6) is 0.350. The summed E-state index contributed by atoms with van der Waals surface area (Å²) in [5.41, 5.74) is 0.806. The molecule has 1 heterocycles. The summed E-state index contributed by atoms with van der Waals surface area (Å²) in [4.78, 5) is 12.6. The fourth-order valence-corrected chi connectivity index (χ4v) is 5.44. The smallest absolute Gasteiger partial charge is 0.407 e. The number of benzene rings is 1. The van der Waals surface area contributed by atoms with Gasteiger partial charge in [0.15, 0.2) is 5.78 Å². The number of Topliss-reactive ketones (excluding diaryl/α,β-unsaturated/α-hetero) is 1. The van der Waals surface area contributed by atoms with Gasteiger partial charge in [-0.3, -0.25) is 4.79 Å². The van der Waals surface area contributed by atoms with E-state index >= 15 is 0 Å². The lowest BCUT2D eigenvalue weighted by Crippen LogP contribution is -2.68. The lowest BCUT2D eigenvalue weighted by molar-refractivity contribution is -0.237. The summed E-state index contributed by atoms with van der Waals surface area (Å²) in [6.45, 7) is 7.20. The molecule has 2 saturated carbocycles. The van der Waals surface area contributed by atoms with E-state index in [-0.39, 0.29) is 30.0 Å². The summed E-state index contributed by atoms with van der Waals surface area (Å²) >= 11 is 0. The van der Waals surface area contributed by atoms with Crippen LogP contribution in [0.25, 0.3) is 0 Å². The normalized spacial score (nSPS) is 35.9. The quantitative estimate of drug-likeness (QED) is 0.454. The van der Waals surface area contributed by atoms with Gasteiger partial charge in [-0.15, -0.1) is 0 Å². The predicted octanol–water partition coefficient (Wildman–Crippen LogP) is 2.88. The molecule has 0 aromatic heterocycles. The first kappa shape index (κ1) is 19.8. The number of ether oxygens (including phenoxy) is 2. The number of hydrogen-bond acceptors (Lipinski definition) is 5. The summed E-state index contributed by atoms with van der Waals surface area (Å²) in [6.07, 6.45) is 3.56. The van der Waals surface area contributed by atoms with Crippen LogP contribution < -0.4 is 5.46 Å². The second kappa shape index (κ2) is 7.75. The Balaban J connectivity index is 1.75. The van der Waals surface area contributed by atoms with Crippen LogP contribution in [0, 0.1) is 11.3 Å². The van der Waals surface area contributed by atoms with E-state index in [4.69, 9.17) is 18.8 Å². The number of carbonyl (C=O) groups excluding carboxylic acids is 1. The average molecular weight is 384 g/mol. The molecule has 0 bridgehead atoms. The van der Waals surface area contributed by atoms with Crippen LogP contribution in [0.4, 0.5) is 0 Å². The van der Waals surface area contributed by atoms with Crippen LogP contribution in [0.2, 0.25) is 0 Å². The molecular weight excluding hydrogens is 355 g/mol. The van der Waals surface area contributed by atoms with Crippen LogP contribution in [-0.4, -0.2) is 45.1 Å². The van der Waals surface area contributed by atoms with Crippen LogP contribution in [0.15, 0.2) is 42.5 Å². The Morgan fingerprint density at radius 1 is 1.29 bits per heavy atom. The van der Waals surface area contributed by atoms with E-state index in [1.807, 2.05) is 30.3 Å². The van der Waals surface area contributed by atoms with Gasteiger partial charge in [0.05, 0.1) is 11.7 Å². The highest BCUT2D eigenvalue weighted by Crippen LogP contribution is 2.58. The van der Waals surface area contributed by atoms with Crippen molar-refractivity contribution in [1.82, 2.24) is 0 Å². The Kier molecular flexibility index (Phi) is 5.49. The van der Waals surface area contributed by atoms with Crippen molar-refractivity contribution in [3.8, 4) is 0 Å². The molecule has 4 atom stereocenters. The van der Waals surface area contributed by atoms with Crippen molar-refractivity contribution in [3.63, 3.8) is 0 Å². The first-order chi connectivity index (χ1) is 13.5. The number of hydrogen-bond donors (Lipinski definition) is 0. The first-order valence-electron chi connectivity index (χ1n) is 10.2. The fraction of sp³-hybridized carbons (Fsp3) is 0.591. The standard InChI is InChI=1S/C22H29BO5/c1-16-13-22-17(14-27-23(28-22)18-7-5-4-6-8-18)9-10-20(26-15-25-3)21(22,2)12-11-19(16)24/h4-8,17,20H,1,9-15H2,2-3H3/t17-,20-,21-,22+/m1/s1. The monoisotopic (exact) mass is 384 g/mol. The van der Waals surface area contributed by atoms with Gasteiger partial charge in [-0.05, 0) is 30.3 Å². The summed E-state index contributed by atoms with van der Waals surface area (Å²) in [6, 6.07) is 10.0. The highest BCUT2D eigenvalue weighted by molar-refractivity contribution is 6.61. The molecule has 3 fully saturated rings. The van der Waals surface area contributed by atoms with Gasteiger partial charge >= 0.3 is 7.12 Å². The maximum atomic E-state index is 12.6. The Bertz CT molecular complexity index is 738. The lowest BCUT2D eigenvalue weighted by Gasteiger charge is -2.61. The molecule has 28 heavy (non-hydrogen) atoms. The van der Waals surface area contributed by atoms with Gasteiger partial charge in [0.1, 0.15) is 6.79 Å². The maximum Gasteiger partial charge on any atom is 0.494 e. The summed E-state index contributed by atoms with van der Waals surface area (Å²) in [5, 5.41) is 0. The topological polar surface area (TPSA) is 54.0 Å². The van der Waals surface area contributed by atoms with E-state index in [2.05, 4.69) is 13.5 Å². The van der Waals surface area contributed by atoms with Crippen LogP contribution in [0.1, 0.15) is 39.0 Å². The Morgan fingerprint density at radius 2 is 2.07 bits per heavy atom. The largest absolute Gasteiger partial charge is 0.494 e. The van der Waals surface area contributed by atoms with Crippen molar-refractivity contribution in [2.24, 2.45) is 11.3 Å². The van der Waals surface area contributed by atoms with E-state index < -0.39 is 12.7 Å². The van der Waals surface area contributed by atoms with Gasteiger partial charge in [-0.2, -0.15) is 0 Å². The number of carbonyl (C=O) groups is 1. The molecule has 1 spiro atoms. The number of ketones is 1. The van der Waals surface area contributed by atoms with Crippen molar-refractivity contribution >= 4 is 18.4 Å². The third-order valence-electron chi connectivity index (χ3n) is 7.08. The molecular formula is C22H29BO5. The molecule has 6 heteroatoms. The Morgan fingerprint density at radius 3 is 2.82 bits per heavy atom. The van der Waals surface area contributed by atoms with Gasteiger partial charge in [0, 0.05) is 37.9 Å². The van der Waals surface area contributed by atoms with Crippen molar-refractivity contribution in [2.45, 2.75) is 50.7 Å². The molecule has 1 aromatic rings. The highest BCUT2D eigenvalue weighted by atomic mass is 16.7. The minimum Gasteiger partial charge on any atom is -0.407 e. The molecule has 1 aliphatic heterocycles. The first-order valence-corrected chi connectivity index (χ1v) is 10.2. The van der Waals surface area contributed by atoms with E-state index in [1.54, 1.807) is 7.11 Å². The second-order valence-corrected chi connectivity index (χ2v) is 8.54. The molecule has 0 unspecified atom stereocenters. The summed E-state index contributed by atoms with van der Waals surface area (Å²) in [7, 11) is 1.19. The highest BCUT2D eigenvalue weighted by Gasteiger charge is 2.64. The third kappa shape index (κ3) is 3.16. The van der Waals surface area contributed by atoms with Gasteiger partial charge < -0.3 is 18.8 Å². The van der Waals surface area contributed by atoms with Gasteiger partial charge in [-0.25, -0.2) is 0 Å². The molecule has 2 aliphatic carbocycles. The number of methoxy groups -OCH3 is 1. The van der Waals surface area contributed by atoms with E-state index in [0.29, 0.717) is 25.0 Å². The number of rotatable bonds is 4. The SMILES string of the molecule is C=C1C[C@]23OB(c4ccccc4)OC[C@H]2CC[C@@H](OCOC)[C@@]3(C)CCC1=O. The van der Waals surface area contributed by atoms with Crippen molar-refractivity contribution in [3.05, 3.63) is 42.5 Å². The van der Waals surface area contributed by atoms with Gasteiger partial charge in [0.25, 0.3) is 0 Å². The molecule has 1 saturated heterocycles. The van der Waals surface area contributed by atoms with Crippen molar-refractivity contribution in [2.75, 3.05) is 20.5 Å². The van der Waals surface area contributed by atoms with E-state index in [0.717, 1.165) is 24.7 Å². The molecule has 0 N–H and O–H groups in total. The minimum atomic E-state index is -0.536. The fourth-order valence-electron chi connectivity index (χ4n) is 5.44. The molecule has 4 rings (SSSR count). The predicted molar refractivity (Wildman–Crippen MR) is 107 cm³/mol. The lowest BCUT2D eigenvalue weighted by atomic mass is 9.53. The summed E-state index contributed by atoms with van der Waals surface area (Å²) < 4.78 is 24.3. The molecule has 0 radical (unpaired) electrons. The maximum absolute atomic E-state index is 12.6. The molecule has 3 aliphatic rings. The zero-order valence-corrected chi connectivity index (χ0v) is 16.8. The van der Waals surface area contributed by atoms with Gasteiger partial charge in [0.2, 0.25) is 0 Å². The van der Waals surface area contributed by atoms with Crippen LogP contribution >= 0.6 is 0 Å². The zero-order valence-electron chi connectivity index (χ0n) is 16.8. The Labute approximate surface area is 167 Å². The van der Waals surface area contributed by atoms with E-state index in [9.17, 15) is 4.79 Å². The second-order valence-electron chi connectivity index (χ2n) is 8.54.